The lowest BCUT2D eigenvalue weighted by Gasteiger charge is -2.07. The third-order valence-corrected chi connectivity index (χ3v) is 4.12. The first-order chi connectivity index (χ1) is 11.7. The predicted molar refractivity (Wildman–Crippen MR) is 91.0 cm³/mol. The molecule has 0 spiro atoms. The second-order valence-electron chi connectivity index (χ2n) is 5.71. The fraction of sp³-hybridized carbons (Fsp3) is 0.105. The van der Waals surface area contributed by atoms with E-state index in [0.717, 1.165) is 28.0 Å². The molecular weight excluding hydrogens is 303 g/mol. The van der Waals surface area contributed by atoms with Crippen LogP contribution in [0.3, 0.4) is 0 Å². The lowest BCUT2D eigenvalue weighted by molar-refractivity contribution is 0.640. The van der Waals surface area contributed by atoms with Crippen molar-refractivity contribution < 1.29 is 4.39 Å². The van der Waals surface area contributed by atoms with E-state index in [9.17, 15) is 4.39 Å². The van der Waals surface area contributed by atoms with Crippen LogP contribution in [0.1, 0.15) is 11.5 Å². The van der Waals surface area contributed by atoms with Crippen molar-refractivity contribution in [2.75, 3.05) is 0 Å². The molecule has 2 heterocycles. The number of aryl methyl sites for hydroxylation is 1. The summed E-state index contributed by atoms with van der Waals surface area (Å²) in [5.74, 6) is 0.728. The van der Waals surface area contributed by atoms with Gasteiger partial charge >= 0.3 is 0 Å². The zero-order valence-corrected chi connectivity index (χ0v) is 13.1. The number of halogens is 1. The van der Waals surface area contributed by atoms with Crippen LogP contribution in [0.2, 0.25) is 0 Å². The van der Waals surface area contributed by atoms with Gasteiger partial charge in [-0.25, -0.2) is 9.37 Å². The molecule has 0 atom stereocenters. The molecule has 0 saturated heterocycles. The van der Waals surface area contributed by atoms with Crippen molar-refractivity contribution in [2.45, 2.75) is 13.5 Å². The first kappa shape index (κ1) is 14.5. The van der Waals surface area contributed by atoms with E-state index in [2.05, 4.69) is 15.2 Å². The van der Waals surface area contributed by atoms with Crippen LogP contribution in [0.4, 0.5) is 4.39 Å². The highest BCUT2D eigenvalue weighted by Crippen LogP contribution is 2.25. The van der Waals surface area contributed by atoms with Crippen LogP contribution in [0.15, 0.2) is 61.1 Å². The Morgan fingerprint density at radius 1 is 1.08 bits per heavy atom. The van der Waals surface area contributed by atoms with Crippen LogP contribution in [0, 0.1) is 12.7 Å². The van der Waals surface area contributed by atoms with Crippen LogP contribution in [0.25, 0.3) is 21.9 Å². The van der Waals surface area contributed by atoms with Gasteiger partial charge in [-0.05, 0) is 36.1 Å². The Hall–Kier alpha value is -3.08. The molecule has 2 aromatic carbocycles. The predicted octanol–water partition coefficient (Wildman–Crippen LogP) is 3.99. The normalized spacial score (nSPS) is 11.1. The third kappa shape index (κ3) is 2.65. The van der Waals surface area contributed by atoms with Crippen molar-refractivity contribution in [3.63, 3.8) is 0 Å². The average molecular weight is 318 g/mol. The topological polar surface area (TPSA) is 43.6 Å². The fourth-order valence-electron chi connectivity index (χ4n) is 2.82. The standard InChI is InChI=1S/C19H15FN4/c1-13-21-7-8-24(13)12-17-10-16(11-22-23-17)14-5-6-18-15(9-14)3-2-4-19(18)20/h2-11H,12H2,1H3. The quantitative estimate of drug-likeness (QED) is 0.574. The van der Waals surface area contributed by atoms with Gasteiger partial charge in [0.1, 0.15) is 11.6 Å². The highest BCUT2D eigenvalue weighted by molar-refractivity contribution is 5.87. The summed E-state index contributed by atoms with van der Waals surface area (Å²) in [6.45, 7) is 2.57. The van der Waals surface area contributed by atoms with E-state index in [1.807, 2.05) is 42.0 Å². The highest BCUT2D eigenvalue weighted by Gasteiger charge is 2.06. The summed E-state index contributed by atoms with van der Waals surface area (Å²) < 4.78 is 15.8. The molecule has 4 nitrogen and oxygen atoms in total. The molecule has 24 heavy (non-hydrogen) atoms. The molecule has 0 unspecified atom stereocenters. The van der Waals surface area contributed by atoms with Gasteiger partial charge in [0.25, 0.3) is 0 Å². The first-order valence-corrected chi connectivity index (χ1v) is 7.69. The van der Waals surface area contributed by atoms with Crippen molar-refractivity contribution in [2.24, 2.45) is 0 Å². The van der Waals surface area contributed by atoms with E-state index in [1.165, 1.54) is 6.07 Å². The number of fused-ring (bicyclic) bond motifs is 1. The van der Waals surface area contributed by atoms with Crippen molar-refractivity contribution in [3.05, 3.63) is 78.4 Å². The third-order valence-electron chi connectivity index (χ3n) is 4.12. The molecule has 0 aliphatic heterocycles. The molecule has 2 aromatic heterocycles. The van der Waals surface area contributed by atoms with Crippen LogP contribution in [0.5, 0.6) is 0 Å². The summed E-state index contributed by atoms with van der Waals surface area (Å²) in [4.78, 5) is 4.22. The summed E-state index contributed by atoms with van der Waals surface area (Å²) in [5.41, 5.74) is 2.81. The number of imidazole rings is 1. The second-order valence-corrected chi connectivity index (χ2v) is 5.71. The Morgan fingerprint density at radius 3 is 2.83 bits per heavy atom. The summed E-state index contributed by atoms with van der Waals surface area (Å²) >= 11 is 0. The van der Waals surface area contributed by atoms with Gasteiger partial charge in [-0.3, -0.25) is 0 Å². The Labute approximate surface area is 138 Å². The van der Waals surface area contributed by atoms with Gasteiger partial charge in [-0.2, -0.15) is 10.2 Å². The van der Waals surface area contributed by atoms with E-state index in [0.29, 0.717) is 11.9 Å². The Morgan fingerprint density at radius 2 is 2.00 bits per heavy atom. The summed E-state index contributed by atoms with van der Waals surface area (Å²) in [5, 5.41) is 9.80. The average Bonchev–Trinajstić information content (AvgIpc) is 3.00. The largest absolute Gasteiger partial charge is 0.329 e. The zero-order chi connectivity index (χ0) is 16.5. The SMILES string of the molecule is Cc1nccn1Cc1cc(-c2ccc3c(F)cccc3c2)cnn1. The van der Waals surface area contributed by atoms with Crippen LogP contribution in [-0.4, -0.2) is 19.7 Å². The van der Waals surface area contributed by atoms with Gasteiger partial charge in [0.2, 0.25) is 0 Å². The maximum atomic E-state index is 13.8. The molecule has 0 aliphatic rings. The zero-order valence-electron chi connectivity index (χ0n) is 13.1. The molecule has 0 aliphatic carbocycles. The molecule has 4 rings (SSSR count). The summed E-state index contributed by atoms with van der Waals surface area (Å²) in [6.07, 6.45) is 5.41. The van der Waals surface area contributed by atoms with Gasteiger partial charge in [-0.15, -0.1) is 0 Å². The molecule has 0 fully saturated rings. The Bertz CT molecular complexity index is 1020. The second kappa shape index (κ2) is 5.85. The Kier molecular flexibility index (Phi) is 3.54. The minimum atomic E-state index is -0.205. The van der Waals surface area contributed by atoms with Crippen LogP contribution in [-0.2, 0) is 6.54 Å². The van der Waals surface area contributed by atoms with E-state index in [1.54, 1.807) is 24.5 Å². The minimum absolute atomic E-state index is 0.205. The molecule has 0 radical (unpaired) electrons. The van der Waals surface area contributed by atoms with E-state index in [-0.39, 0.29) is 5.82 Å². The molecular formula is C19H15FN4. The maximum absolute atomic E-state index is 13.8. The van der Waals surface area contributed by atoms with E-state index < -0.39 is 0 Å². The lowest BCUT2D eigenvalue weighted by atomic mass is 10.0. The molecule has 4 aromatic rings. The fourth-order valence-corrected chi connectivity index (χ4v) is 2.82. The van der Waals surface area contributed by atoms with Crippen LogP contribution < -0.4 is 0 Å². The van der Waals surface area contributed by atoms with Crippen molar-refractivity contribution in [3.8, 4) is 11.1 Å². The molecule has 5 heteroatoms. The summed E-state index contributed by atoms with van der Waals surface area (Å²) in [6, 6.07) is 12.8. The number of hydrogen-bond donors (Lipinski definition) is 0. The van der Waals surface area contributed by atoms with Crippen molar-refractivity contribution in [1.29, 1.82) is 0 Å². The van der Waals surface area contributed by atoms with Gasteiger partial charge in [0, 0.05) is 23.3 Å². The summed E-state index contributed by atoms with van der Waals surface area (Å²) in [7, 11) is 0. The number of hydrogen-bond acceptors (Lipinski definition) is 3. The monoisotopic (exact) mass is 318 g/mol. The van der Waals surface area contributed by atoms with Gasteiger partial charge in [0.05, 0.1) is 18.4 Å². The van der Waals surface area contributed by atoms with Crippen molar-refractivity contribution >= 4 is 10.8 Å². The molecule has 0 bridgehead atoms. The molecule has 0 N–H and O–H groups in total. The molecule has 0 saturated carbocycles. The van der Waals surface area contributed by atoms with Gasteiger partial charge in [-0.1, -0.05) is 24.3 Å². The van der Waals surface area contributed by atoms with E-state index >= 15 is 0 Å². The number of benzene rings is 2. The van der Waals surface area contributed by atoms with E-state index in [4.69, 9.17) is 0 Å². The van der Waals surface area contributed by atoms with Gasteiger partial charge in [0.15, 0.2) is 0 Å². The number of nitrogens with zero attached hydrogens (tertiary/aromatic N) is 4. The van der Waals surface area contributed by atoms with Crippen LogP contribution >= 0.6 is 0 Å². The smallest absolute Gasteiger partial charge is 0.131 e. The highest BCUT2D eigenvalue weighted by atomic mass is 19.1. The minimum Gasteiger partial charge on any atom is -0.329 e. The molecule has 0 amide bonds. The Balaban J connectivity index is 1.72. The lowest BCUT2D eigenvalue weighted by Crippen LogP contribution is -2.04. The number of aromatic nitrogens is 4. The molecule has 118 valence electrons. The number of rotatable bonds is 3. The van der Waals surface area contributed by atoms with Crippen molar-refractivity contribution in [1.82, 2.24) is 19.7 Å². The first-order valence-electron chi connectivity index (χ1n) is 7.69. The maximum Gasteiger partial charge on any atom is 0.131 e. The van der Waals surface area contributed by atoms with Gasteiger partial charge < -0.3 is 4.57 Å².